The Bertz CT molecular complexity index is 573. The first kappa shape index (κ1) is 11.0. The monoisotopic (exact) mass is 238 g/mol. The van der Waals surface area contributed by atoms with Crippen LogP contribution in [0.2, 0.25) is 0 Å². The standard InChI is InChI=1S/C14H14N4/c15-7-11-1-5-14(6-2-11)18-10-12(9-17-18)8-16-13-3-4-13/h1-2,5-6,9-10,13,16H,3-4,8H2. The molecule has 18 heavy (non-hydrogen) atoms. The first-order valence-corrected chi connectivity index (χ1v) is 6.12. The zero-order valence-corrected chi connectivity index (χ0v) is 10.0. The van der Waals surface area contributed by atoms with E-state index in [4.69, 9.17) is 5.26 Å². The maximum atomic E-state index is 8.75. The molecule has 3 rings (SSSR count). The summed E-state index contributed by atoms with van der Waals surface area (Å²) in [7, 11) is 0. The van der Waals surface area contributed by atoms with Gasteiger partial charge in [0.05, 0.1) is 23.5 Å². The molecule has 1 N–H and O–H groups in total. The Morgan fingerprint density at radius 2 is 2.11 bits per heavy atom. The van der Waals surface area contributed by atoms with Gasteiger partial charge < -0.3 is 5.32 Å². The van der Waals surface area contributed by atoms with Crippen molar-refractivity contribution in [3.63, 3.8) is 0 Å². The van der Waals surface area contributed by atoms with Crippen molar-refractivity contribution in [3.8, 4) is 11.8 Å². The van der Waals surface area contributed by atoms with Crippen molar-refractivity contribution in [2.75, 3.05) is 0 Å². The van der Waals surface area contributed by atoms with Crippen molar-refractivity contribution >= 4 is 0 Å². The molecule has 1 fully saturated rings. The van der Waals surface area contributed by atoms with Crippen LogP contribution in [0.5, 0.6) is 0 Å². The molecule has 2 aromatic rings. The second-order valence-corrected chi connectivity index (χ2v) is 4.61. The Morgan fingerprint density at radius 3 is 2.78 bits per heavy atom. The van der Waals surface area contributed by atoms with Crippen molar-refractivity contribution in [1.29, 1.82) is 5.26 Å². The van der Waals surface area contributed by atoms with Crippen LogP contribution in [0.15, 0.2) is 36.7 Å². The third kappa shape index (κ3) is 2.41. The lowest BCUT2D eigenvalue weighted by Crippen LogP contribution is -2.14. The molecule has 1 aliphatic rings. The molecule has 1 heterocycles. The Balaban J connectivity index is 1.72. The van der Waals surface area contributed by atoms with E-state index in [-0.39, 0.29) is 0 Å². The molecule has 90 valence electrons. The highest BCUT2D eigenvalue weighted by atomic mass is 15.3. The van der Waals surface area contributed by atoms with Gasteiger partial charge in [0.15, 0.2) is 0 Å². The zero-order valence-electron chi connectivity index (χ0n) is 10.0. The molecule has 4 heteroatoms. The number of nitrogens with one attached hydrogen (secondary N) is 1. The number of nitrogens with zero attached hydrogens (tertiary/aromatic N) is 3. The van der Waals surface area contributed by atoms with Gasteiger partial charge in [-0.3, -0.25) is 0 Å². The SMILES string of the molecule is N#Cc1ccc(-n2cc(CNC3CC3)cn2)cc1. The minimum atomic E-state index is 0.668. The van der Waals surface area contributed by atoms with Crippen LogP contribution in [-0.4, -0.2) is 15.8 Å². The highest BCUT2D eigenvalue weighted by molar-refractivity contribution is 5.39. The van der Waals surface area contributed by atoms with Crippen molar-refractivity contribution in [2.24, 2.45) is 0 Å². The number of hydrogen-bond donors (Lipinski definition) is 1. The number of rotatable bonds is 4. The van der Waals surface area contributed by atoms with Gasteiger partial charge in [-0.1, -0.05) is 0 Å². The summed E-state index contributed by atoms with van der Waals surface area (Å²) in [6.07, 6.45) is 6.50. The molecule has 1 aromatic heterocycles. The Kier molecular flexibility index (Phi) is 2.83. The highest BCUT2D eigenvalue weighted by Crippen LogP contribution is 2.19. The number of hydrogen-bond acceptors (Lipinski definition) is 3. The molecule has 1 saturated carbocycles. The van der Waals surface area contributed by atoms with Crippen molar-refractivity contribution in [2.45, 2.75) is 25.4 Å². The fourth-order valence-electron chi connectivity index (χ4n) is 1.83. The fraction of sp³-hybridized carbons (Fsp3) is 0.286. The molecule has 4 nitrogen and oxygen atoms in total. The molecule has 0 saturated heterocycles. The molecule has 0 spiro atoms. The average molecular weight is 238 g/mol. The predicted octanol–water partition coefficient (Wildman–Crippen LogP) is 2.00. The number of aromatic nitrogens is 2. The summed E-state index contributed by atoms with van der Waals surface area (Å²) in [4.78, 5) is 0. The van der Waals surface area contributed by atoms with E-state index < -0.39 is 0 Å². The summed E-state index contributed by atoms with van der Waals surface area (Å²) >= 11 is 0. The Labute approximate surface area is 106 Å². The van der Waals surface area contributed by atoms with Crippen LogP contribution in [0.1, 0.15) is 24.0 Å². The van der Waals surface area contributed by atoms with Crippen molar-refractivity contribution < 1.29 is 0 Å². The van der Waals surface area contributed by atoms with Gasteiger partial charge in [0.25, 0.3) is 0 Å². The lowest BCUT2D eigenvalue weighted by Gasteiger charge is -2.01. The van der Waals surface area contributed by atoms with Crippen molar-refractivity contribution in [3.05, 3.63) is 47.8 Å². The maximum absolute atomic E-state index is 8.75. The number of benzene rings is 1. The van der Waals surface area contributed by atoms with Crippen LogP contribution in [-0.2, 0) is 6.54 Å². The summed E-state index contributed by atoms with van der Waals surface area (Å²) in [5, 5.41) is 16.5. The van der Waals surface area contributed by atoms with Gasteiger partial charge in [-0.15, -0.1) is 0 Å². The third-order valence-electron chi connectivity index (χ3n) is 3.07. The summed E-state index contributed by atoms with van der Waals surface area (Å²) in [6.45, 7) is 0.876. The largest absolute Gasteiger partial charge is 0.310 e. The van der Waals surface area contributed by atoms with Crippen LogP contribution in [0.3, 0.4) is 0 Å². The second-order valence-electron chi connectivity index (χ2n) is 4.61. The second kappa shape index (κ2) is 4.63. The lowest BCUT2D eigenvalue weighted by atomic mass is 10.2. The van der Waals surface area contributed by atoms with Crippen LogP contribution in [0.25, 0.3) is 5.69 Å². The third-order valence-corrected chi connectivity index (χ3v) is 3.07. The molecule has 1 aliphatic carbocycles. The van der Waals surface area contributed by atoms with Gasteiger partial charge in [0.1, 0.15) is 0 Å². The molecule has 0 radical (unpaired) electrons. The van der Waals surface area contributed by atoms with Crippen LogP contribution in [0, 0.1) is 11.3 Å². The molecule has 0 atom stereocenters. The van der Waals surface area contributed by atoms with E-state index in [0.29, 0.717) is 11.6 Å². The Hall–Kier alpha value is -2.12. The van der Waals surface area contributed by atoms with E-state index in [0.717, 1.165) is 12.2 Å². The van der Waals surface area contributed by atoms with Crippen LogP contribution < -0.4 is 5.32 Å². The molecule has 0 bridgehead atoms. The molecule has 1 aromatic carbocycles. The molecular weight excluding hydrogens is 224 g/mol. The molecule has 0 amide bonds. The molecular formula is C14H14N4. The predicted molar refractivity (Wildman–Crippen MR) is 68.1 cm³/mol. The van der Waals surface area contributed by atoms with Gasteiger partial charge >= 0.3 is 0 Å². The van der Waals surface area contributed by atoms with E-state index in [9.17, 15) is 0 Å². The lowest BCUT2D eigenvalue weighted by molar-refractivity contribution is 0.687. The minimum absolute atomic E-state index is 0.668. The van der Waals surface area contributed by atoms with E-state index in [1.54, 1.807) is 12.1 Å². The van der Waals surface area contributed by atoms with Gasteiger partial charge in [-0.25, -0.2) is 4.68 Å². The molecule has 0 aliphatic heterocycles. The van der Waals surface area contributed by atoms with E-state index in [2.05, 4.69) is 16.5 Å². The summed E-state index contributed by atoms with van der Waals surface area (Å²) < 4.78 is 1.84. The average Bonchev–Trinajstić information content (AvgIpc) is 3.14. The smallest absolute Gasteiger partial charge is 0.0991 e. The van der Waals surface area contributed by atoms with E-state index in [1.165, 1.54) is 18.4 Å². The quantitative estimate of drug-likeness (QED) is 0.886. The van der Waals surface area contributed by atoms with Gasteiger partial charge in [0, 0.05) is 24.3 Å². The maximum Gasteiger partial charge on any atom is 0.0991 e. The first-order chi connectivity index (χ1) is 8.85. The fourth-order valence-corrected chi connectivity index (χ4v) is 1.83. The van der Waals surface area contributed by atoms with Crippen molar-refractivity contribution in [1.82, 2.24) is 15.1 Å². The summed E-state index contributed by atoms with van der Waals surface area (Å²) in [6, 6.07) is 10.2. The van der Waals surface area contributed by atoms with Crippen LogP contribution in [0.4, 0.5) is 0 Å². The summed E-state index contributed by atoms with van der Waals surface area (Å²) in [5.41, 5.74) is 2.83. The van der Waals surface area contributed by atoms with Gasteiger partial charge in [-0.2, -0.15) is 10.4 Å². The normalized spacial score (nSPS) is 14.4. The number of nitriles is 1. The van der Waals surface area contributed by atoms with E-state index in [1.807, 2.05) is 29.2 Å². The zero-order chi connectivity index (χ0) is 12.4. The topological polar surface area (TPSA) is 53.6 Å². The van der Waals surface area contributed by atoms with Gasteiger partial charge in [-0.05, 0) is 37.1 Å². The van der Waals surface area contributed by atoms with Crippen LogP contribution >= 0.6 is 0 Å². The first-order valence-electron chi connectivity index (χ1n) is 6.12. The van der Waals surface area contributed by atoms with Gasteiger partial charge in [0.2, 0.25) is 0 Å². The summed E-state index contributed by atoms with van der Waals surface area (Å²) in [5.74, 6) is 0. The minimum Gasteiger partial charge on any atom is -0.310 e. The van der Waals surface area contributed by atoms with E-state index >= 15 is 0 Å². The molecule has 0 unspecified atom stereocenters. The highest BCUT2D eigenvalue weighted by Gasteiger charge is 2.20. The Morgan fingerprint density at radius 1 is 1.33 bits per heavy atom.